The van der Waals surface area contributed by atoms with E-state index in [-0.39, 0.29) is 29.4 Å². The number of imidazole rings is 1. The van der Waals surface area contributed by atoms with Gasteiger partial charge in [0.15, 0.2) is 23.8 Å². The molecule has 0 aromatic carbocycles. The number of rotatable bonds is 4. The molecule has 36 heavy (non-hydrogen) atoms. The van der Waals surface area contributed by atoms with Crippen LogP contribution in [0.15, 0.2) is 6.33 Å². The van der Waals surface area contributed by atoms with Crippen molar-refractivity contribution in [1.29, 1.82) is 0 Å². The molecule has 13 nitrogen and oxygen atoms in total. The highest BCUT2D eigenvalue weighted by molar-refractivity contribution is 5.83. The monoisotopic (exact) mass is 499 g/mol. The highest BCUT2D eigenvalue weighted by Gasteiger charge is 2.48. The van der Waals surface area contributed by atoms with Gasteiger partial charge in [0.2, 0.25) is 5.82 Å². The fourth-order valence-electron chi connectivity index (χ4n) is 4.52. The number of amides is 2. The topological polar surface area (TPSA) is 178 Å². The number of nitrogens with zero attached hydrogens (tertiary/aromatic N) is 5. The van der Waals surface area contributed by atoms with E-state index in [1.165, 1.54) is 18.0 Å². The van der Waals surface area contributed by atoms with Crippen LogP contribution in [0.3, 0.4) is 0 Å². The van der Waals surface area contributed by atoms with Crippen molar-refractivity contribution in [2.24, 2.45) is 5.92 Å². The second-order valence-corrected chi connectivity index (χ2v) is 9.37. The molecule has 5 rings (SSSR count). The van der Waals surface area contributed by atoms with Crippen LogP contribution in [0, 0.1) is 17.8 Å². The van der Waals surface area contributed by atoms with E-state index >= 15 is 0 Å². The Morgan fingerprint density at radius 1 is 1.22 bits per heavy atom. The number of aliphatic hydroxyl groups excluding tert-OH is 2. The number of piperidine rings is 1. The minimum absolute atomic E-state index is 0.0904. The van der Waals surface area contributed by atoms with Crippen LogP contribution in [0.2, 0.25) is 0 Å². The quantitative estimate of drug-likeness (QED) is 0.402. The number of hydrogen-bond acceptors (Lipinski definition) is 10. The van der Waals surface area contributed by atoms with Crippen LogP contribution in [0.1, 0.15) is 44.2 Å². The van der Waals surface area contributed by atoms with Gasteiger partial charge >= 0.3 is 6.09 Å². The smallest absolute Gasteiger partial charge is 0.409 e. The number of ether oxygens (including phenoxy) is 2. The molecule has 3 fully saturated rings. The number of carbonyl (C=O) groups excluding carboxylic acids is 2. The maximum absolute atomic E-state index is 12.4. The van der Waals surface area contributed by atoms with Gasteiger partial charge in [0, 0.05) is 25.6 Å². The fourth-order valence-corrected chi connectivity index (χ4v) is 4.52. The number of carbonyl (C=O) groups is 2. The number of nitrogens with one attached hydrogen (secondary N) is 1. The summed E-state index contributed by atoms with van der Waals surface area (Å²) in [5.41, 5.74) is 6.65. The Morgan fingerprint density at radius 3 is 2.67 bits per heavy atom. The molecular weight excluding hydrogens is 470 g/mol. The second kappa shape index (κ2) is 9.88. The van der Waals surface area contributed by atoms with Gasteiger partial charge in [-0.3, -0.25) is 9.36 Å². The van der Waals surface area contributed by atoms with Gasteiger partial charge < -0.3 is 35.6 Å². The van der Waals surface area contributed by atoms with E-state index in [9.17, 15) is 19.8 Å². The lowest BCUT2D eigenvalue weighted by Crippen LogP contribution is -2.43. The normalized spacial score (nSPS) is 26.5. The molecule has 5 N–H and O–H groups in total. The summed E-state index contributed by atoms with van der Waals surface area (Å²) in [6, 6.07) is 0.0904. The molecule has 0 radical (unpaired) electrons. The van der Waals surface area contributed by atoms with Gasteiger partial charge in [0.1, 0.15) is 17.7 Å². The van der Waals surface area contributed by atoms with Gasteiger partial charge in [-0.1, -0.05) is 5.92 Å². The summed E-state index contributed by atoms with van der Waals surface area (Å²) >= 11 is 0. The molecule has 0 spiro atoms. The molecule has 2 aliphatic heterocycles. The highest BCUT2D eigenvalue weighted by Crippen LogP contribution is 2.33. The van der Waals surface area contributed by atoms with Crippen molar-refractivity contribution in [3.63, 3.8) is 0 Å². The molecule has 4 heterocycles. The Kier molecular flexibility index (Phi) is 6.65. The molecule has 2 aromatic rings. The summed E-state index contributed by atoms with van der Waals surface area (Å²) in [6.45, 7) is 1.26. The van der Waals surface area contributed by atoms with Crippen molar-refractivity contribution in [2.75, 3.05) is 25.9 Å². The van der Waals surface area contributed by atoms with Crippen LogP contribution in [-0.2, 0) is 14.3 Å². The number of fused-ring (bicyclic) bond motifs is 1. The minimum atomic E-state index is -1.41. The van der Waals surface area contributed by atoms with E-state index in [1.54, 1.807) is 4.90 Å². The van der Waals surface area contributed by atoms with Crippen molar-refractivity contribution in [2.45, 2.75) is 62.7 Å². The van der Waals surface area contributed by atoms with Gasteiger partial charge in [-0.05, 0) is 37.5 Å². The summed E-state index contributed by atoms with van der Waals surface area (Å²) in [5.74, 6) is 6.21. The number of likely N-dealkylation sites (tertiary alicyclic amines) is 1. The van der Waals surface area contributed by atoms with E-state index in [0.717, 1.165) is 25.7 Å². The Morgan fingerprint density at radius 2 is 1.97 bits per heavy atom. The molecule has 3 aliphatic rings. The van der Waals surface area contributed by atoms with Crippen LogP contribution in [-0.4, -0.2) is 91.2 Å². The lowest BCUT2D eigenvalue weighted by Gasteiger charge is -2.29. The summed E-state index contributed by atoms with van der Waals surface area (Å²) in [4.78, 5) is 38.6. The SMILES string of the molecule is COC(=O)N1CCC(CC#Cc2nc(N)c3ncn([C@@H]4O[C@H](C(=O)NC5CC5)C(O)C4O)c3n2)CC1. The van der Waals surface area contributed by atoms with Crippen LogP contribution in [0.4, 0.5) is 10.6 Å². The highest BCUT2D eigenvalue weighted by atomic mass is 16.6. The van der Waals surface area contributed by atoms with Crippen LogP contribution >= 0.6 is 0 Å². The summed E-state index contributed by atoms with van der Waals surface area (Å²) < 4.78 is 11.9. The van der Waals surface area contributed by atoms with Crippen molar-refractivity contribution < 1.29 is 29.3 Å². The first-order valence-corrected chi connectivity index (χ1v) is 12.0. The second-order valence-electron chi connectivity index (χ2n) is 9.37. The lowest BCUT2D eigenvalue weighted by molar-refractivity contribution is -0.137. The standard InChI is InChI=1S/C23H29N7O6/c1-35-23(34)29-9-7-12(8-10-29)3-2-4-14-27-19(24)15-20(28-14)30(11-25-15)22-17(32)16(31)18(36-22)21(33)26-13-5-6-13/h11-13,16-18,22,31-32H,3,5-10H2,1H3,(H,26,33)(H2,24,27,28)/t16?,17?,18-,22+/m0/s1. The fraction of sp³-hybridized carbons (Fsp3) is 0.609. The van der Waals surface area contributed by atoms with Gasteiger partial charge in [0.25, 0.3) is 5.91 Å². The average molecular weight is 500 g/mol. The third-order valence-corrected chi connectivity index (χ3v) is 6.78. The number of aliphatic hydroxyl groups is 2. The van der Waals surface area contributed by atoms with Gasteiger partial charge in [0.05, 0.1) is 13.4 Å². The number of anilines is 1. The summed E-state index contributed by atoms with van der Waals surface area (Å²) in [5, 5.41) is 23.8. The Balaban J connectivity index is 1.29. The van der Waals surface area contributed by atoms with Crippen molar-refractivity contribution >= 4 is 29.0 Å². The van der Waals surface area contributed by atoms with Gasteiger partial charge in [-0.15, -0.1) is 0 Å². The zero-order valence-corrected chi connectivity index (χ0v) is 19.8. The third-order valence-electron chi connectivity index (χ3n) is 6.78. The van der Waals surface area contributed by atoms with Crippen molar-refractivity contribution in [3.8, 4) is 11.8 Å². The van der Waals surface area contributed by atoms with E-state index in [4.69, 9.17) is 15.2 Å². The molecule has 1 aliphatic carbocycles. The number of nitrogen functional groups attached to an aromatic ring is 1. The maximum atomic E-state index is 12.4. The maximum Gasteiger partial charge on any atom is 0.409 e. The van der Waals surface area contributed by atoms with E-state index in [1.807, 2.05) is 0 Å². The summed E-state index contributed by atoms with van der Waals surface area (Å²) in [6.07, 6.45) is 0.0242. The molecule has 2 amide bonds. The first kappa shape index (κ1) is 24.2. The molecule has 2 unspecified atom stereocenters. The van der Waals surface area contributed by atoms with Crippen LogP contribution < -0.4 is 11.1 Å². The zero-order valence-electron chi connectivity index (χ0n) is 19.8. The first-order valence-electron chi connectivity index (χ1n) is 12.0. The Bertz CT molecular complexity index is 1210. The predicted molar refractivity (Wildman–Crippen MR) is 125 cm³/mol. The molecule has 192 valence electrons. The van der Waals surface area contributed by atoms with Gasteiger partial charge in [-0.2, -0.15) is 0 Å². The van der Waals surface area contributed by atoms with E-state index < -0.39 is 30.4 Å². The van der Waals surface area contributed by atoms with E-state index in [0.29, 0.717) is 30.9 Å². The number of aromatic nitrogens is 4. The van der Waals surface area contributed by atoms with Gasteiger partial charge in [-0.25, -0.2) is 19.7 Å². The largest absolute Gasteiger partial charge is 0.453 e. The number of hydrogen-bond donors (Lipinski definition) is 4. The molecule has 2 aromatic heterocycles. The molecule has 13 heteroatoms. The Labute approximate surface area is 207 Å². The van der Waals surface area contributed by atoms with E-state index in [2.05, 4.69) is 32.1 Å². The molecule has 1 saturated carbocycles. The molecule has 2 saturated heterocycles. The lowest BCUT2D eigenvalue weighted by atomic mass is 9.94. The zero-order chi connectivity index (χ0) is 25.4. The van der Waals surface area contributed by atoms with Crippen molar-refractivity contribution in [3.05, 3.63) is 12.2 Å². The van der Waals surface area contributed by atoms with Crippen LogP contribution in [0.5, 0.6) is 0 Å². The summed E-state index contributed by atoms with van der Waals surface area (Å²) in [7, 11) is 1.38. The first-order chi connectivity index (χ1) is 17.4. The number of nitrogens with two attached hydrogens (primary N) is 1. The molecule has 0 bridgehead atoms. The predicted octanol–water partition coefficient (Wildman–Crippen LogP) is -0.474. The van der Waals surface area contributed by atoms with Crippen molar-refractivity contribution in [1.82, 2.24) is 29.7 Å². The van der Waals surface area contributed by atoms with Crippen LogP contribution in [0.25, 0.3) is 11.2 Å². The average Bonchev–Trinajstić information content (AvgIpc) is 3.51. The number of methoxy groups -OCH3 is 1. The Hall–Kier alpha value is -3.47. The molecular formula is C23H29N7O6. The minimum Gasteiger partial charge on any atom is -0.453 e. The molecule has 4 atom stereocenters. The third kappa shape index (κ3) is 4.79.